The van der Waals surface area contributed by atoms with Gasteiger partial charge in [-0.2, -0.15) is 0 Å². The average molecular weight is 441 g/mol. The van der Waals surface area contributed by atoms with Crippen molar-refractivity contribution in [1.82, 2.24) is 5.32 Å². The molecule has 0 radical (unpaired) electrons. The number of anilines is 1. The van der Waals surface area contributed by atoms with Crippen LogP contribution in [0.25, 0.3) is 0 Å². The molecule has 3 aromatic carbocycles. The number of carbonyl (C=O) groups excluding carboxylic acids is 1. The molecule has 0 aromatic heterocycles. The van der Waals surface area contributed by atoms with Crippen LogP contribution in [0, 0.1) is 19.7 Å². The van der Waals surface area contributed by atoms with E-state index in [-0.39, 0.29) is 17.3 Å². The summed E-state index contributed by atoms with van der Waals surface area (Å²) in [5, 5.41) is 2.80. The Morgan fingerprint density at radius 3 is 2.23 bits per heavy atom. The number of aryl methyl sites for hydroxylation is 2. The van der Waals surface area contributed by atoms with Crippen LogP contribution in [0.15, 0.2) is 77.7 Å². The number of hydrogen-bond donors (Lipinski definition) is 1. The van der Waals surface area contributed by atoms with E-state index in [1.54, 1.807) is 49.4 Å². The van der Waals surface area contributed by atoms with Crippen LogP contribution >= 0.6 is 0 Å². The molecule has 31 heavy (non-hydrogen) atoms. The van der Waals surface area contributed by atoms with Crippen molar-refractivity contribution in [1.29, 1.82) is 0 Å². The fourth-order valence-corrected chi connectivity index (χ4v) is 4.60. The molecule has 0 saturated carbocycles. The van der Waals surface area contributed by atoms with Gasteiger partial charge in [0.25, 0.3) is 10.0 Å². The van der Waals surface area contributed by atoms with Crippen LogP contribution < -0.4 is 9.62 Å². The van der Waals surface area contributed by atoms with E-state index < -0.39 is 22.0 Å². The number of sulfonamides is 1. The van der Waals surface area contributed by atoms with Crippen molar-refractivity contribution < 1.29 is 17.6 Å². The summed E-state index contributed by atoms with van der Waals surface area (Å²) >= 11 is 0. The van der Waals surface area contributed by atoms with Gasteiger partial charge in [-0.1, -0.05) is 36.4 Å². The first-order valence-electron chi connectivity index (χ1n) is 9.88. The molecule has 0 bridgehead atoms. The van der Waals surface area contributed by atoms with Crippen molar-refractivity contribution in [3.8, 4) is 0 Å². The van der Waals surface area contributed by atoms with Crippen LogP contribution in [-0.2, 0) is 14.8 Å². The molecule has 162 valence electrons. The highest BCUT2D eigenvalue weighted by atomic mass is 32.2. The van der Waals surface area contributed by atoms with Gasteiger partial charge in [0.2, 0.25) is 5.91 Å². The first-order valence-corrected chi connectivity index (χ1v) is 11.3. The lowest BCUT2D eigenvalue weighted by molar-refractivity contribution is -0.120. The fraction of sp³-hybridized carbons (Fsp3) is 0.208. The first-order chi connectivity index (χ1) is 14.7. The zero-order valence-corrected chi connectivity index (χ0v) is 18.5. The van der Waals surface area contributed by atoms with Crippen LogP contribution in [0.5, 0.6) is 0 Å². The van der Waals surface area contributed by atoms with Gasteiger partial charge in [-0.25, -0.2) is 12.8 Å². The molecule has 3 aromatic rings. The standard InChI is InChI=1S/C24H25FN2O3S/c1-17-9-14-22(15-18(17)2)27(31(29,30)23-7-5-4-6-8-23)16-24(28)26-19(3)20-10-12-21(25)13-11-20/h4-15,19H,16H2,1-3H3,(H,26,28). The van der Waals surface area contributed by atoms with Gasteiger partial charge in [0, 0.05) is 0 Å². The third-order valence-corrected chi connectivity index (χ3v) is 6.93. The highest BCUT2D eigenvalue weighted by molar-refractivity contribution is 7.92. The van der Waals surface area contributed by atoms with Gasteiger partial charge in [-0.15, -0.1) is 0 Å². The second-order valence-corrected chi connectivity index (χ2v) is 9.30. The Balaban J connectivity index is 1.90. The third kappa shape index (κ3) is 5.30. The quantitative estimate of drug-likeness (QED) is 0.588. The number of benzene rings is 3. The average Bonchev–Trinajstić information content (AvgIpc) is 2.75. The highest BCUT2D eigenvalue weighted by Gasteiger charge is 2.27. The van der Waals surface area contributed by atoms with Crippen molar-refractivity contribution in [2.24, 2.45) is 0 Å². The minimum absolute atomic E-state index is 0.104. The second-order valence-electron chi connectivity index (χ2n) is 7.43. The Morgan fingerprint density at radius 1 is 0.968 bits per heavy atom. The lowest BCUT2D eigenvalue weighted by Gasteiger charge is -2.25. The molecule has 0 aliphatic carbocycles. The van der Waals surface area contributed by atoms with Crippen LogP contribution in [0.3, 0.4) is 0 Å². The van der Waals surface area contributed by atoms with E-state index in [0.717, 1.165) is 21.0 Å². The van der Waals surface area contributed by atoms with E-state index in [2.05, 4.69) is 5.32 Å². The summed E-state index contributed by atoms with van der Waals surface area (Å²) < 4.78 is 41.0. The molecule has 0 aliphatic rings. The van der Waals surface area contributed by atoms with Crippen molar-refractivity contribution >= 4 is 21.6 Å². The maximum Gasteiger partial charge on any atom is 0.264 e. The molecule has 1 atom stereocenters. The molecule has 0 spiro atoms. The summed E-state index contributed by atoms with van der Waals surface area (Å²) in [5.41, 5.74) is 3.08. The molecule has 1 unspecified atom stereocenters. The van der Waals surface area contributed by atoms with Gasteiger partial charge in [0.05, 0.1) is 16.6 Å². The van der Waals surface area contributed by atoms with E-state index in [9.17, 15) is 17.6 Å². The maximum absolute atomic E-state index is 13.4. The summed E-state index contributed by atoms with van der Waals surface area (Å²) in [7, 11) is -3.96. The number of halogens is 1. The minimum atomic E-state index is -3.96. The minimum Gasteiger partial charge on any atom is -0.348 e. The second kappa shape index (κ2) is 9.31. The summed E-state index contributed by atoms with van der Waals surface area (Å²) in [6.45, 7) is 5.21. The number of rotatable bonds is 7. The predicted molar refractivity (Wildman–Crippen MR) is 120 cm³/mol. The SMILES string of the molecule is Cc1ccc(N(CC(=O)NC(C)c2ccc(F)cc2)S(=O)(=O)c2ccccc2)cc1C. The van der Waals surface area contributed by atoms with Crippen LogP contribution in [0.4, 0.5) is 10.1 Å². The Bertz CT molecular complexity index is 1160. The molecule has 7 heteroatoms. The van der Waals surface area contributed by atoms with E-state index in [1.165, 1.54) is 24.3 Å². The van der Waals surface area contributed by atoms with Crippen molar-refractivity contribution in [2.75, 3.05) is 10.8 Å². The van der Waals surface area contributed by atoms with Gasteiger partial charge in [0.1, 0.15) is 12.4 Å². The van der Waals surface area contributed by atoms with E-state index >= 15 is 0 Å². The number of nitrogens with one attached hydrogen (secondary N) is 1. The molecular weight excluding hydrogens is 415 g/mol. The third-order valence-electron chi connectivity index (χ3n) is 5.14. The van der Waals surface area contributed by atoms with Gasteiger partial charge in [0.15, 0.2) is 0 Å². The predicted octanol–water partition coefficient (Wildman–Crippen LogP) is 4.52. The molecule has 1 amide bonds. The Morgan fingerprint density at radius 2 is 1.61 bits per heavy atom. The molecule has 5 nitrogen and oxygen atoms in total. The Hall–Kier alpha value is -3.19. The number of amides is 1. The number of nitrogens with zero attached hydrogens (tertiary/aromatic N) is 1. The summed E-state index contributed by atoms with van der Waals surface area (Å²) in [6.07, 6.45) is 0. The van der Waals surface area contributed by atoms with Crippen molar-refractivity contribution in [3.05, 3.63) is 95.3 Å². The molecule has 0 saturated heterocycles. The Labute approximate surface area is 182 Å². The summed E-state index contributed by atoms with van der Waals surface area (Å²) in [6, 6.07) is 18.7. The van der Waals surface area contributed by atoms with E-state index in [0.29, 0.717) is 5.69 Å². The van der Waals surface area contributed by atoms with Crippen LogP contribution in [-0.4, -0.2) is 20.9 Å². The molecule has 0 fully saturated rings. The van der Waals surface area contributed by atoms with E-state index in [4.69, 9.17) is 0 Å². The van der Waals surface area contributed by atoms with Crippen molar-refractivity contribution in [3.63, 3.8) is 0 Å². The van der Waals surface area contributed by atoms with Gasteiger partial charge >= 0.3 is 0 Å². The molecule has 0 aliphatic heterocycles. The van der Waals surface area contributed by atoms with Gasteiger partial charge in [-0.05, 0) is 73.9 Å². The monoisotopic (exact) mass is 440 g/mol. The Kier molecular flexibility index (Phi) is 6.75. The molecule has 3 rings (SSSR count). The maximum atomic E-state index is 13.4. The smallest absolute Gasteiger partial charge is 0.264 e. The summed E-state index contributed by atoms with van der Waals surface area (Å²) in [5.74, 6) is -0.827. The van der Waals surface area contributed by atoms with Crippen LogP contribution in [0.2, 0.25) is 0 Å². The normalized spacial score (nSPS) is 12.3. The molecular formula is C24H25FN2O3S. The van der Waals surface area contributed by atoms with Gasteiger partial charge < -0.3 is 5.32 Å². The summed E-state index contributed by atoms with van der Waals surface area (Å²) in [4.78, 5) is 12.9. The van der Waals surface area contributed by atoms with Gasteiger partial charge in [-0.3, -0.25) is 9.10 Å². The fourth-order valence-electron chi connectivity index (χ4n) is 3.17. The zero-order valence-electron chi connectivity index (χ0n) is 17.7. The number of hydrogen-bond acceptors (Lipinski definition) is 3. The molecule has 1 N–H and O–H groups in total. The van der Waals surface area contributed by atoms with Crippen LogP contribution in [0.1, 0.15) is 29.7 Å². The number of carbonyl (C=O) groups is 1. The lowest BCUT2D eigenvalue weighted by Crippen LogP contribution is -2.41. The zero-order chi connectivity index (χ0) is 22.6. The lowest BCUT2D eigenvalue weighted by atomic mass is 10.1. The highest BCUT2D eigenvalue weighted by Crippen LogP contribution is 2.26. The van der Waals surface area contributed by atoms with E-state index in [1.807, 2.05) is 19.9 Å². The first kappa shape index (κ1) is 22.5. The molecule has 0 heterocycles. The van der Waals surface area contributed by atoms with Crippen molar-refractivity contribution in [2.45, 2.75) is 31.7 Å². The largest absolute Gasteiger partial charge is 0.348 e. The topological polar surface area (TPSA) is 66.5 Å².